The molecule has 0 aromatic rings. The number of rotatable bonds is 4. The van der Waals surface area contributed by atoms with E-state index >= 15 is 0 Å². The van der Waals surface area contributed by atoms with E-state index in [9.17, 15) is 13.2 Å². The quantitative estimate of drug-likeness (QED) is 0.743. The molecule has 0 aromatic carbocycles. The third-order valence-electron chi connectivity index (χ3n) is 2.97. The van der Waals surface area contributed by atoms with Gasteiger partial charge in [0.1, 0.15) is 9.84 Å². The molecule has 0 aliphatic carbocycles. The second-order valence-corrected chi connectivity index (χ2v) is 7.27. The molecule has 0 radical (unpaired) electrons. The van der Waals surface area contributed by atoms with Crippen molar-refractivity contribution in [2.45, 2.75) is 38.8 Å². The zero-order valence-corrected chi connectivity index (χ0v) is 11.5. The van der Waals surface area contributed by atoms with E-state index in [1.54, 1.807) is 6.92 Å². The summed E-state index contributed by atoms with van der Waals surface area (Å²) in [5, 5.41) is 6.02. The minimum Gasteiger partial charge on any atom is -0.352 e. The maximum Gasteiger partial charge on any atom is 0.224 e. The van der Waals surface area contributed by atoms with Gasteiger partial charge in [0, 0.05) is 24.9 Å². The van der Waals surface area contributed by atoms with Crippen LogP contribution in [-0.4, -0.2) is 45.0 Å². The van der Waals surface area contributed by atoms with Crippen LogP contribution in [0.4, 0.5) is 0 Å². The van der Waals surface area contributed by atoms with Crippen molar-refractivity contribution >= 4 is 15.7 Å². The number of nitrogens with one attached hydrogen (secondary N) is 2. The Morgan fingerprint density at radius 2 is 2.12 bits per heavy atom. The Morgan fingerprint density at radius 3 is 2.59 bits per heavy atom. The van der Waals surface area contributed by atoms with Gasteiger partial charge in [-0.05, 0) is 26.7 Å². The van der Waals surface area contributed by atoms with Crippen LogP contribution < -0.4 is 10.6 Å². The van der Waals surface area contributed by atoms with E-state index in [-0.39, 0.29) is 23.6 Å². The Morgan fingerprint density at radius 1 is 1.47 bits per heavy atom. The van der Waals surface area contributed by atoms with Gasteiger partial charge in [-0.3, -0.25) is 4.79 Å². The lowest BCUT2D eigenvalue weighted by Gasteiger charge is -2.27. The zero-order valence-electron chi connectivity index (χ0n) is 10.7. The van der Waals surface area contributed by atoms with Crippen LogP contribution >= 0.6 is 0 Å². The highest BCUT2D eigenvalue weighted by atomic mass is 32.2. The summed E-state index contributed by atoms with van der Waals surface area (Å²) in [6.07, 6.45) is 3.03. The Labute approximate surface area is 103 Å². The van der Waals surface area contributed by atoms with E-state index < -0.39 is 9.84 Å². The van der Waals surface area contributed by atoms with Crippen molar-refractivity contribution in [3.8, 4) is 0 Å². The van der Waals surface area contributed by atoms with Crippen molar-refractivity contribution < 1.29 is 13.2 Å². The van der Waals surface area contributed by atoms with Crippen LogP contribution in [-0.2, 0) is 14.6 Å². The summed E-state index contributed by atoms with van der Waals surface area (Å²) < 4.78 is 22.2. The summed E-state index contributed by atoms with van der Waals surface area (Å²) in [6, 6.07) is 0.143. The van der Waals surface area contributed by atoms with E-state index in [1.807, 2.05) is 0 Å². The molecule has 1 aliphatic heterocycles. The third-order valence-corrected chi connectivity index (χ3v) is 4.08. The van der Waals surface area contributed by atoms with E-state index in [1.165, 1.54) is 6.26 Å². The van der Waals surface area contributed by atoms with Gasteiger partial charge in [-0.2, -0.15) is 0 Å². The molecule has 0 aromatic heterocycles. The summed E-state index contributed by atoms with van der Waals surface area (Å²) in [6.45, 7) is 4.50. The fourth-order valence-electron chi connectivity index (χ4n) is 2.08. The number of amides is 1. The van der Waals surface area contributed by atoms with E-state index in [2.05, 4.69) is 17.6 Å². The van der Waals surface area contributed by atoms with Crippen LogP contribution in [0.15, 0.2) is 0 Å². The minimum absolute atomic E-state index is 0.00467. The standard InChI is InChI=1S/C11H22N2O3S/c1-8-4-5-10(6-12-8)11(14)13-9(2)7-17(3,15)16/h8-10,12H,4-7H2,1-3H3,(H,13,14). The average molecular weight is 262 g/mol. The summed E-state index contributed by atoms with van der Waals surface area (Å²) in [5.74, 6) is -0.0799. The lowest BCUT2D eigenvalue weighted by atomic mass is 9.94. The van der Waals surface area contributed by atoms with Gasteiger partial charge in [0.2, 0.25) is 5.91 Å². The Balaban J connectivity index is 2.39. The van der Waals surface area contributed by atoms with Crippen molar-refractivity contribution in [3.05, 3.63) is 0 Å². The normalized spacial score (nSPS) is 27.5. The molecule has 5 nitrogen and oxygen atoms in total. The first kappa shape index (κ1) is 14.4. The first-order chi connectivity index (χ1) is 7.78. The van der Waals surface area contributed by atoms with E-state index in [0.29, 0.717) is 12.6 Å². The van der Waals surface area contributed by atoms with Crippen molar-refractivity contribution in [2.75, 3.05) is 18.6 Å². The fraction of sp³-hybridized carbons (Fsp3) is 0.909. The summed E-state index contributed by atoms with van der Waals surface area (Å²) in [5.41, 5.74) is 0. The summed E-state index contributed by atoms with van der Waals surface area (Å²) in [7, 11) is -3.04. The highest BCUT2D eigenvalue weighted by Gasteiger charge is 2.25. The highest BCUT2D eigenvalue weighted by molar-refractivity contribution is 7.90. The number of hydrogen-bond acceptors (Lipinski definition) is 4. The van der Waals surface area contributed by atoms with Crippen LogP contribution in [0.25, 0.3) is 0 Å². The maximum absolute atomic E-state index is 11.9. The van der Waals surface area contributed by atoms with Crippen LogP contribution in [0.5, 0.6) is 0 Å². The smallest absolute Gasteiger partial charge is 0.224 e. The largest absolute Gasteiger partial charge is 0.352 e. The molecule has 1 heterocycles. The predicted octanol–water partition coefficient (Wildman–Crippen LogP) is -0.0762. The molecule has 0 bridgehead atoms. The van der Waals surface area contributed by atoms with Gasteiger partial charge in [0.15, 0.2) is 0 Å². The molecular weight excluding hydrogens is 240 g/mol. The SMILES string of the molecule is CC1CCC(C(=O)NC(C)CS(C)(=O)=O)CN1. The molecule has 1 rings (SSSR count). The molecule has 0 spiro atoms. The molecule has 0 saturated carbocycles. The Hall–Kier alpha value is -0.620. The highest BCUT2D eigenvalue weighted by Crippen LogP contribution is 2.14. The van der Waals surface area contributed by atoms with Crippen molar-refractivity contribution in [1.29, 1.82) is 0 Å². The van der Waals surface area contributed by atoms with Gasteiger partial charge < -0.3 is 10.6 Å². The van der Waals surface area contributed by atoms with Gasteiger partial charge in [-0.25, -0.2) is 8.42 Å². The van der Waals surface area contributed by atoms with Crippen LogP contribution in [0.3, 0.4) is 0 Å². The van der Waals surface area contributed by atoms with E-state index in [0.717, 1.165) is 12.8 Å². The number of carbonyl (C=O) groups is 1. The maximum atomic E-state index is 11.9. The lowest BCUT2D eigenvalue weighted by Crippen LogP contribution is -2.47. The number of carbonyl (C=O) groups excluding carboxylic acids is 1. The molecule has 1 amide bonds. The average Bonchev–Trinajstić information content (AvgIpc) is 2.15. The second-order valence-electron chi connectivity index (χ2n) is 5.09. The number of piperidine rings is 1. The molecule has 100 valence electrons. The molecule has 3 unspecified atom stereocenters. The molecule has 1 aliphatic rings. The topological polar surface area (TPSA) is 75.3 Å². The van der Waals surface area contributed by atoms with Crippen LogP contribution in [0, 0.1) is 5.92 Å². The van der Waals surface area contributed by atoms with E-state index in [4.69, 9.17) is 0 Å². The van der Waals surface area contributed by atoms with Gasteiger partial charge >= 0.3 is 0 Å². The molecule has 1 fully saturated rings. The molecule has 17 heavy (non-hydrogen) atoms. The van der Waals surface area contributed by atoms with Gasteiger partial charge in [-0.15, -0.1) is 0 Å². The first-order valence-corrected chi connectivity index (χ1v) is 8.05. The molecule has 3 atom stereocenters. The van der Waals surface area contributed by atoms with Crippen molar-refractivity contribution in [2.24, 2.45) is 5.92 Å². The first-order valence-electron chi connectivity index (χ1n) is 5.99. The summed E-state index contributed by atoms with van der Waals surface area (Å²) in [4.78, 5) is 11.9. The van der Waals surface area contributed by atoms with Gasteiger partial charge in [0.05, 0.1) is 11.7 Å². The minimum atomic E-state index is -3.04. The van der Waals surface area contributed by atoms with Crippen LogP contribution in [0.2, 0.25) is 0 Å². The van der Waals surface area contributed by atoms with Crippen LogP contribution in [0.1, 0.15) is 26.7 Å². The van der Waals surface area contributed by atoms with Gasteiger partial charge in [-0.1, -0.05) is 0 Å². The number of hydrogen-bond donors (Lipinski definition) is 2. The molecule has 1 saturated heterocycles. The molecular formula is C11H22N2O3S. The summed E-state index contributed by atoms with van der Waals surface area (Å²) >= 11 is 0. The fourth-order valence-corrected chi connectivity index (χ4v) is 3.07. The third kappa shape index (κ3) is 5.50. The van der Waals surface area contributed by atoms with Gasteiger partial charge in [0.25, 0.3) is 0 Å². The van der Waals surface area contributed by atoms with Crippen molar-refractivity contribution in [1.82, 2.24) is 10.6 Å². The monoisotopic (exact) mass is 262 g/mol. The number of sulfone groups is 1. The Bertz CT molecular complexity index is 359. The lowest BCUT2D eigenvalue weighted by molar-refractivity contribution is -0.126. The Kier molecular flexibility index (Phi) is 4.94. The zero-order chi connectivity index (χ0) is 13.1. The van der Waals surface area contributed by atoms with Crippen molar-refractivity contribution in [3.63, 3.8) is 0 Å². The molecule has 2 N–H and O–H groups in total. The predicted molar refractivity (Wildman–Crippen MR) is 67.5 cm³/mol. The molecule has 6 heteroatoms. The second kappa shape index (κ2) is 5.82.